The molecule has 0 aliphatic carbocycles. The fraction of sp³-hybridized carbons (Fsp3) is 0.364. The number of carbonyl (C=O) groups is 2. The Morgan fingerprint density at radius 2 is 2.24 bits per heavy atom. The molecule has 0 fully saturated rings. The van der Waals surface area contributed by atoms with Gasteiger partial charge in [0.15, 0.2) is 0 Å². The van der Waals surface area contributed by atoms with Gasteiger partial charge in [-0.2, -0.15) is 5.10 Å². The molecule has 0 atom stereocenters. The Morgan fingerprint density at radius 3 is 2.82 bits per heavy atom. The van der Waals surface area contributed by atoms with Crippen LogP contribution in [-0.2, 0) is 20.9 Å². The minimum atomic E-state index is -0.393. The first-order chi connectivity index (χ1) is 8.01. The minimum absolute atomic E-state index is 0.0228. The van der Waals surface area contributed by atoms with Crippen LogP contribution in [0, 0.1) is 0 Å². The maximum Gasteiger partial charge on any atom is 0.327 e. The average molecular weight is 237 g/mol. The van der Waals surface area contributed by atoms with E-state index in [9.17, 15) is 9.59 Å². The van der Waals surface area contributed by atoms with Gasteiger partial charge >= 0.3 is 5.97 Å². The van der Waals surface area contributed by atoms with Crippen LogP contribution in [0.15, 0.2) is 24.0 Å². The van der Waals surface area contributed by atoms with Crippen LogP contribution < -0.4 is 5.32 Å². The topological polar surface area (TPSA) is 73.2 Å². The largest absolute Gasteiger partial charge is 0.468 e. The molecule has 1 aromatic rings. The van der Waals surface area contributed by atoms with Crippen LogP contribution in [0.1, 0.15) is 13.8 Å². The van der Waals surface area contributed by atoms with Gasteiger partial charge in [-0.1, -0.05) is 5.57 Å². The smallest absolute Gasteiger partial charge is 0.327 e. The van der Waals surface area contributed by atoms with Gasteiger partial charge < -0.3 is 10.1 Å². The van der Waals surface area contributed by atoms with Crippen molar-refractivity contribution in [2.45, 2.75) is 20.4 Å². The molecule has 0 aromatic carbocycles. The van der Waals surface area contributed by atoms with Crippen molar-refractivity contribution in [3.05, 3.63) is 24.0 Å². The molecule has 0 bridgehead atoms. The number of esters is 1. The number of nitrogens with one attached hydrogen (secondary N) is 1. The summed E-state index contributed by atoms with van der Waals surface area (Å²) in [5, 5.41) is 6.55. The summed E-state index contributed by atoms with van der Waals surface area (Å²) in [6.07, 6.45) is 4.52. The van der Waals surface area contributed by atoms with Crippen molar-refractivity contribution in [2.24, 2.45) is 0 Å². The molecular weight excluding hydrogens is 222 g/mol. The predicted octanol–water partition coefficient (Wildman–Crippen LogP) is 0.961. The Bertz CT molecular complexity index is 445. The summed E-state index contributed by atoms with van der Waals surface area (Å²) >= 11 is 0. The quantitative estimate of drug-likeness (QED) is 0.625. The number of allylic oxidation sites excluding steroid dienone is 1. The van der Waals surface area contributed by atoms with Gasteiger partial charge in [-0.15, -0.1) is 0 Å². The van der Waals surface area contributed by atoms with Crippen molar-refractivity contribution < 1.29 is 14.3 Å². The van der Waals surface area contributed by atoms with Gasteiger partial charge in [0.25, 0.3) is 0 Å². The third-order valence-corrected chi connectivity index (χ3v) is 1.84. The van der Waals surface area contributed by atoms with Crippen molar-refractivity contribution in [1.29, 1.82) is 0 Å². The number of rotatable bonds is 4. The highest BCUT2D eigenvalue weighted by Gasteiger charge is 2.05. The standard InChI is InChI=1S/C11H15N3O3/c1-8(2)4-10(15)13-9-5-12-14(6-9)7-11(16)17-3/h4-6H,7H2,1-3H3,(H,13,15). The van der Waals surface area contributed by atoms with E-state index in [1.807, 2.05) is 13.8 Å². The maximum absolute atomic E-state index is 11.4. The van der Waals surface area contributed by atoms with E-state index in [0.29, 0.717) is 5.69 Å². The van der Waals surface area contributed by atoms with E-state index in [2.05, 4.69) is 15.2 Å². The predicted molar refractivity (Wildman–Crippen MR) is 62.3 cm³/mol. The van der Waals surface area contributed by atoms with Crippen molar-refractivity contribution in [3.8, 4) is 0 Å². The van der Waals surface area contributed by atoms with Crippen LogP contribution in [0.4, 0.5) is 5.69 Å². The fourth-order valence-corrected chi connectivity index (χ4v) is 1.15. The van der Waals surface area contributed by atoms with Crippen molar-refractivity contribution in [3.63, 3.8) is 0 Å². The van der Waals surface area contributed by atoms with E-state index in [1.165, 1.54) is 24.1 Å². The second-order valence-electron chi connectivity index (χ2n) is 3.71. The molecule has 6 nitrogen and oxygen atoms in total. The van der Waals surface area contributed by atoms with Gasteiger partial charge in [0.2, 0.25) is 5.91 Å². The molecule has 6 heteroatoms. The van der Waals surface area contributed by atoms with Gasteiger partial charge in [0, 0.05) is 12.3 Å². The number of methoxy groups -OCH3 is 1. The lowest BCUT2D eigenvalue weighted by Crippen LogP contribution is -2.12. The van der Waals surface area contributed by atoms with E-state index in [4.69, 9.17) is 0 Å². The summed E-state index contributed by atoms with van der Waals surface area (Å²) < 4.78 is 5.89. The third kappa shape index (κ3) is 4.50. The summed E-state index contributed by atoms with van der Waals surface area (Å²) in [6.45, 7) is 3.69. The molecule has 0 saturated heterocycles. The van der Waals surface area contributed by atoms with Crippen LogP contribution in [0.2, 0.25) is 0 Å². The molecule has 1 aromatic heterocycles. The molecule has 92 valence electrons. The SMILES string of the molecule is COC(=O)Cn1cc(NC(=O)C=C(C)C)cn1. The number of anilines is 1. The first kappa shape index (κ1) is 13.0. The van der Waals surface area contributed by atoms with Gasteiger partial charge in [-0.3, -0.25) is 14.3 Å². The monoisotopic (exact) mass is 237 g/mol. The molecule has 0 aliphatic rings. The van der Waals surface area contributed by atoms with E-state index in [1.54, 1.807) is 6.20 Å². The van der Waals surface area contributed by atoms with Gasteiger partial charge in [-0.05, 0) is 13.8 Å². The van der Waals surface area contributed by atoms with Gasteiger partial charge in [0.05, 0.1) is 19.0 Å². The molecule has 0 unspecified atom stereocenters. The first-order valence-electron chi connectivity index (χ1n) is 5.06. The number of ether oxygens (including phenoxy) is 1. The molecule has 1 N–H and O–H groups in total. The zero-order valence-electron chi connectivity index (χ0n) is 10.1. The number of amides is 1. The second-order valence-corrected chi connectivity index (χ2v) is 3.71. The average Bonchev–Trinajstić information content (AvgIpc) is 2.63. The van der Waals surface area contributed by atoms with Crippen LogP contribution in [-0.4, -0.2) is 28.8 Å². The Balaban J connectivity index is 2.60. The van der Waals surface area contributed by atoms with E-state index < -0.39 is 5.97 Å². The zero-order chi connectivity index (χ0) is 12.8. The van der Waals surface area contributed by atoms with Crippen LogP contribution in [0.5, 0.6) is 0 Å². The highest BCUT2D eigenvalue weighted by atomic mass is 16.5. The molecule has 0 saturated carbocycles. The lowest BCUT2D eigenvalue weighted by Gasteiger charge is -1.99. The highest BCUT2D eigenvalue weighted by Crippen LogP contribution is 2.05. The molecule has 1 heterocycles. The molecule has 0 aliphatic heterocycles. The lowest BCUT2D eigenvalue weighted by molar-refractivity contribution is -0.141. The van der Waals surface area contributed by atoms with Crippen molar-refractivity contribution in [2.75, 3.05) is 12.4 Å². The summed E-state index contributed by atoms with van der Waals surface area (Å²) in [6, 6.07) is 0. The first-order valence-corrected chi connectivity index (χ1v) is 5.06. The molecular formula is C11H15N3O3. The van der Waals surface area contributed by atoms with E-state index in [-0.39, 0.29) is 12.5 Å². The Kier molecular flexibility index (Phi) is 4.45. The second kappa shape index (κ2) is 5.83. The number of nitrogens with zero attached hydrogens (tertiary/aromatic N) is 2. The van der Waals surface area contributed by atoms with Crippen molar-refractivity contribution in [1.82, 2.24) is 9.78 Å². The molecule has 0 spiro atoms. The Morgan fingerprint density at radius 1 is 1.53 bits per heavy atom. The normalized spacial score (nSPS) is 9.59. The Labute approximate surface area is 99.3 Å². The summed E-state index contributed by atoms with van der Waals surface area (Å²) in [5.74, 6) is -0.613. The highest BCUT2D eigenvalue weighted by molar-refractivity contribution is 5.99. The summed E-state index contributed by atoms with van der Waals surface area (Å²) in [4.78, 5) is 22.4. The zero-order valence-corrected chi connectivity index (χ0v) is 10.1. The van der Waals surface area contributed by atoms with E-state index in [0.717, 1.165) is 5.57 Å². The minimum Gasteiger partial charge on any atom is -0.468 e. The Hall–Kier alpha value is -2.11. The van der Waals surface area contributed by atoms with Crippen LogP contribution >= 0.6 is 0 Å². The van der Waals surface area contributed by atoms with Crippen molar-refractivity contribution >= 4 is 17.6 Å². The number of hydrogen-bond acceptors (Lipinski definition) is 4. The maximum atomic E-state index is 11.4. The van der Waals surface area contributed by atoms with Gasteiger partial charge in [0.1, 0.15) is 6.54 Å². The van der Waals surface area contributed by atoms with Crippen LogP contribution in [0.25, 0.3) is 0 Å². The molecule has 1 amide bonds. The fourth-order valence-electron chi connectivity index (χ4n) is 1.15. The molecule has 17 heavy (non-hydrogen) atoms. The number of aromatic nitrogens is 2. The molecule has 0 radical (unpaired) electrons. The number of hydrogen-bond donors (Lipinski definition) is 1. The summed E-state index contributed by atoms with van der Waals surface area (Å²) in [5.41, 5.74) is 1.45. The van der Waals surface area contributed by atoms with E-state index >= 15 is 0 Å². The lowest BCUT2D eigenvalue weighted by atomic mass is 10.3. The third-order valence-electron chi connectivity index (χ3n) is 1.84. The number of carbonyl (C=O) groups excluding carboxylic acids is 2. The van der Waals surface area contributed by atoms with Gasteiger partial charge in [-0.25, -0.2) is 0 Å². The molecule has 1 rings (SSSR count). The van der Waals surface area contributed by atoms with Crippen LogP contribution in [0.3, 0.4) is 0 Å². The summed E-state index contributed by atoms with van der Waals surface area (Å²) in [7, 11) is 1.31.